The van der Waals surface area contributed by atoms with Crippen molar-refractivity contribution in [3.63, 3.8) is 0 Å². The molecule has 2 aromatic rings. The van der Waals surface area contributed by atoms with Gasteiger partial charge < -0.3 is 9.57 Å². The lowest BCUT2D eigenvalue weighted by Gasteiger charge is -2.19. The topological polar surface area (TPSA) is 30.5 Å². The third kappa shape index (κ3) is 2.55. The number of rotatable bonds is 3. The van der Waals surface area contributed by atoms with Gasteiger partial charge >= 0.3 is 0 Å². The Hall–Kier alpha value is -1.84. The van der Waals surface area contributed by atoms with Gasteiger partial charge in [-0.25, -0.2) is 0 Å². The lowest BCUT2D eigenvalue weighted by atomic mass is 9.96. The fourth-order valence-corrected chi connectivity index (χ4v) is 2.72. The lowest BCUT2D eigenvalue weighted by Crippen LogP contribution is -2.19. The summed E-state index contributed by atoms with van der Waals surface area (Å²) < 4.78 is 6.02. The van der Waals surface area contributed by atoms with Gasteiger partial charge in [0.15, 0.2) is 0 Å². The summed E-state index contributed by atoms with van der Waals surface area (Å²) in [7, 11) is 1.66. The summed E-state index contributed by atoms with van der Waals surface area (Å²) in [6, 6.07) is 16.9. The van der Waals surface area contributed by atoms with Gasteiger partial charge in [-0.15, -0.1) is 0 Å². The number of hydrogen-bond acceptors (Lipinski definition) is 3. The summed E-state index contributed by atoms with van der Waals surface area (Å²) in [5, 5.41) is 0. The molecule has 1 aliphatic heterocycles. The van der Waals surface area contributed by atoms with Crippen LogP contribution in [0.3, 0.4) is 0 Å². The second-order valence-corrected chi connectivity index (χ2v) is 4.96. The molecular formula is C17H19NO2. The summed E-state index contributed by atoms with van der Waals surface area (Å²) in [6.45, 7) is 0.749. The second kappa shape index (κ2) is 6.07. The first-order chi connectivity index (χ1) is 9.90. The summed E-state index contributed by atoms with van der Waals surface area (Å²) in [4.78, 5) is 5.13. The molecule has 0 aliphatic carbocycles. The van der Waals surface area contributed by atoms with Crippen LogP contribution in [0.2, 0.25) is 0 Å². The van der Waals surface area contributed by atoms with Gasteiger partial charge in [-0.3, -0.25) is 0 Å². The van der Waals surface area contributed by atoms with Gasteiger partial charge in [-0.05, 0) is 18.4 Å². The molecule has 1 N–H and O–H groups in total. The molecule has 1 unspecified atom stereocenters. The Bertz CT molecular complexity index is 568. The summed E-state index contributed by atoms with van der Waals surface area (Å²) in [5.74, 6) is 0.978. The molecular weight excluding hydrogens is 250 g/mol. The molecule has 104 valence electrons. The molecule has 0 saturated heterocycles. The van der Waals surface area contributed by atoms with Crippen LogP contribution < -0.4 is 10.2 Å². The molecule has 1 aliphatic rings. The molecule has 0 bridgehead atoms. The van der Waals surface area contributed by atoms with Crippen molar-refractivity contribution in [3.8, 4) is 16.9 Å². The van der Waals surface area contributed by atoms with Crippen molar-refractivity contribution < 1.29 is 9.57 Å². The van der Waals surface area contributed by atoms with E-state index in [1.807, 2.05) is 6.07 Å². The van der Waals surface area contributed by atoms with E-state index in [0.29, 0.717) is 0 Å². The third-order valence-electron chi connectivity index (χ3n) is 3.65. The van der Waals surface area contributed by atoms with Crippen molar-refractivity contribution >= 4 is 0 Å². The van der Waals surface area contributed by atoms with E-state index in [1.54, 1.807) is 7.11 Å². The molecule has 0 saturated carbocycles. The highest BCUT2D eigenvalue weighted by molar-refractivity contribution is 5.72. The molecule has 0 radical (unpaired) electrons. The van der Waals surface area contributed by atoms with E-state index in [-0.39, 0.29) is 6.04 Å². The van der Waals surface area contributed by atoms with Crippen LogP contribution in [0.1, 0.15) is 24.4 Å². The molecule has 2 aromatic carbocycles. The number of hydroxylamine groups is 1. The monoisotopic (exact) mass is 269 g/mol. The minimum Gasteiger partial charge on any atom is -0.493 e. The van der Waals surface area contributed by atoms with Crippen molar-refractivity contribution in [2.75, 3.05) is 13.7 Å². The maximum atomic E-state index is 6.02. The van der Waals surface area contributed by atoms with Crippen molar-refractivity contribution in [1.29, 1.82) is 0 Å². The highest BCUT2D eigenvalue weighted by Gasteiger charge is 2.22. The molecule has 3 heteroatoms. The first-order valence-corrected chi connectivity index (χ1v) is 7.00. The van der Waals surface area contributed by atoms with E-state index < -0.39 is 0 Å². The highest BCUT2D eigenvalue weighted by atomic mass is 16.6. The fourth-order valence-electron chi connectivity index (χ4n) is 2.72. The van der Waals surface area contributed by atoms with Gasteiger partial charge in [-0.1, -0.05) is 48.5 Å². The standard InChI is InChI=1S/C17H19NO2/c1-19-18-16-11-6-12-20-17-14(9-5-10-15(16)17)13-7-3-2-4-8-13/h2-5,7-10,16,18H,6,11-12H2,1H3. The normalized spacial score (nSPS) is 17.9. The van der Waals surface area contributed by atoms with Crippen LogP contribution in [0.5, 0.6) is 5.75 Å². The van der Waals surface area contributed by atoms with E-state index in [0.717, 1.165) is 30.8 Å². The Morgan fingerprint density at radius 3 is 2.75 bits per heavy atom. The fraction of sp³-hybridized carbons (Fsp3) is 0.294. The number of para-hydroxylation sites is 1. The van der Waals surface area contributed by atoms with E-state index in [2.05, 4.69) is 47.9 Å². The Balaban J connectivity index is 2.08. The highest BCUT2D eigenvalue weighted by Crippen LogP contribution is 2.39. The van der Waals surface area contributed by atoms with E-state index in [9.17, 15) is 0 Å². The summed E-state index contributed by atoms with van der Waals surface area (Å²) in [6.07, 6.45) is 2.03. The van der Waals surface area contributed by atoms with Gasteiger partial charge in [0, 0.05) is 11.1 Å². The smallest absolute Gasteiger partial charge is 0.131 e. The van der Waals surface area contributed by atoms with Crippen molar-refractivity contribution in [1.82, 2.24) is 5.48 Å². The number of benzene rings is 2. The Kier molecular flexibility index (Phi) is 4.00. The number of fused-ring (bicyclic) bond motifs is 1. The SMILES string of the molecule is CONC1CCCOc2c(-c3ccccc3)cccc21. The first-order valence-electron chi connectivity index (χ1n) is 7.00. The number of nitrogens with one attached hydrogen (secondary N) is 1. The van der Waals surface area contributed by atoms with Crippen LogP contribution in [-0.4, -0.2) is 13.7 Å². The van der Waals surface area contributed by atoms with Gasteiger partial charge in [0.05, 0.1) is 19.8 Å². The number of ether oxygens (including phenoxy) is 1. The first kappa shape index (κ1) is 13.2. The molecule has 0 amide bonds. The Labute approximate surface area is 119 Å². The molecule has 3 rings (SSSR count). The average Bonchev–Trinajstić information content (AvgIpc) is 2.71. The van der Waals surface area contributed by atoms with Crippen LogP contribution in [0.15, 0.2) is 48.5 Å². The van der Waals surface area contributed by atoms with E-state index in [4.69, 9.17) is 9.57 Å². The Morgan fingerprint density at radius 1 is 1.10 bits per heavy atom. The molecule has 1 heterocycles. The second-order valence-electron chi connectivity index (χ2n) is 4.96. The minimum absolute atomic E-state index is 0.182. The average molecular weight is 269 g/mol. The number of hydrogen-bond donors (Lipinski definition) is 1. The zero-order valence-electron chi connectivity index (χ0n) is 11.6. The maximum Gasteiger partial charge on any atom is 0.131 e. The van der Waals surface area contributed by atoms with Crippen LogP contribution in [0.4, 0.5) is 0 Å². The van der Waals surface area contributed by atoms with Gasteiger partial charge in [0.25, 0.3) is 0 Å². The summed E-state index contributed by atoms with van der Waals surface area (Å²) in [5.41, 5.74) is 6.58. The molecule has 3 nitrogen and oxygen atoms in total. The van der Waals surface area contributed by atoms with E-state index in [1.165, 1.54) is 11.1 Å². The van der Waals surface area contributed by atoms with Crippen LogP contribution >= 0.6 is 0 Å². The maximum absolute atomic E-state index is 6.02. The quantitative estimate of drug-likeness (QED) is 0.861. The van der Waals surface area contributed by atoms with Gasteiger partial charge in [-0.2, -0.15) is 5.48 Å². The van der Waals surface area contributed by atoms with Crippen molar-refractivity contribution in [2.24, 2.45) is 0 Å². The van der Waals surface area contributed by atoms with Crippen molar-refractivity contribution in [2.45, 2.75) is 18.9 Å². The molecule has 0 spiro atoms. The third-order valence-corrected chi connectivity index (χ3v) is 3.65. The van der Waals surface area contributed by atoms with Gasteiger partial charge in [0.1, 0.15) is 5.75 Å². The van der Waals surface area contributed by atoms with Crippen LogP contribution in [0.25, 0.3) is 11.1 Å². The minimum atomic E-state index is 0.182. The van der Waals surface area contributed by atoms with Crippen LogP contribution in [-0.2, 0) is 4.84 Å². The zero-order chi connectivity index (χ0) is 13.8. The largest absolute Gasteiger partial charge is 0.493 e. The predicted molar refractivity (Wildman–Crippen MR) is 79.5 cm³/mol. The van der Waals surface area contributed by atoms with E-state index >= 15 is 0 Å². The Morgan fingerprint density at radius 2 is 1.95 bits per heavy atom. The predicted octanol–water partition coefficient (Wildman–Crippen LogP) is 3.72. The van der Waals surface area contributed by atoms with Crippen molar-refractivity contribution in [3.05, 3.63) is 54.1 Å². The molecule has 0 aromatic heterocycles. The molecule has 20 heavy (non-hydrogen) atoms. The lowest BCUT2D eigenvalue weighted by molar-refractivity contribution is 0.0580. The van der Waals surface area contributed by atoms with Crippen LogP contribution in [0, 0.1) is 0 Å². The summed E-state index contributed by atoms with van der Waals surface area (Å²) >= 11 is 0. The molecule has 0 fully saturated rings. The van der Waals surface area contributed by atoms with Gasteiger partial charge in [0.2, 0.25) is 0 Å². The zero-order valence-corrected chi connectivity index (χ0v) is 11.6. The molecule has 1 atom stereocenters.